The monoisotopic (exact) mass is 323 g/mol. The number of aryl methyl sites for hydroxylation is 4. The van der Waals surface area contributed by atoms with Crippen LogP contribution < -0.4 is 0 Å². The summed E-state index contributed by atoms with van der Waals surface area (Å²) in [6, 6.07) is 3.36. The Morgan fingerprint density at radius 3 is 2.90 bits per heavy atom. The van der Waals surface area contributed by atoms with Gasteiger partial charge in [-0.15, -0.1) is 22.9 Å². The lowest BCUT2D eigenvalue weighted by atomic mass is 10.2. The van der Waals surface area contributed by atoms with Crippen LogP contribution in [0.25, 0.3) is 11.0 Å². The van der Waals surface area contributed by atoms with Crippen molar-refractivity contribution in [2.24, 2.45) is 0 Å². The van der Waals surface area contributed by atoms with E-state index in [0.717, 1.165) is 29.3 Å². The number of fused-ring (bicyclic) bond motifs is 1. The minimum absolute atomic E-state index is 0.218. The van der Waals surface area contributed by atoms with Crippen molar-refractivity contribution in [2.45, 2.75) is 26.3 Å². The van der Waals surface area contributed by atoms with Crippen molar-refractivity contribution in [3.05, 3.63) is 45.9 Å². The lowest BCUT2D eigenvalue weighted by molar-refractivity contribution is 0.620. The summed E-state index contributed by atoms with van der Waals surface area (Å²) in [5.74, 6) is 1.19. The lowest BCUT2D eigenvalue weighted by Crippen LogP contribution is -2.07. The second kappa shape index (κ2) is 6.12. The van der Waals surface area contributed by atoms with Crippen molar-refractivity contribution >= 4 is 34.0 Å². The largest absolute Gasteiger partial charge is 0.328 e. The van der Waals surface area contributed by atoms with E-state index in [1.165, 1.54) is 6.07 Å². The first-order chi connectivity index (χ1) is 10.2. The van der Waals surface area contributed by atoms with Gasteiger partial charge in [-0.2, -0.15) is 0 Å². The van der Waals surface area contributed by atoms with Crippen LogP contribution in [0.1, 0.15) is 16.4 Å². The highest BCUT2D eigenvalue weighted by atomic mass is 35.5. The van der Waals surface area contributed by atoms with E-state index < -0.39 is 0 Å². The SMILES string of the molecule is Cc1cc2c(cc1F)nc(CCCl)n2CCc1nccs1. The Kier molecular flexibility index (Phi) is 4.22. The van der Waals surface area contributed by atoms with Crippen LogP contribution in [0.3, 0.4) is 0 Å². The molecule has 2 aromatic heterocycles. The number of imidazole rings is 1. The predicted octanol–water partition coefficient (Wildman–Crippen LogP) is 3.96. The van der Waals surface area contributed by atoms with E-state index in [-0.39, 0.29) is 5.82 Å². The zero-order valence-corrected chi connectivity index (χ0v) is 13.2. The molecule has 0 saturated carbocycles. The standard InChI is InChI=1S/C15H15ClFN3S/c1-10-8-13-12(9-11(10)17)19-14(2-4-16)20(13)6-3-15-18-5-7-21-15/h5,7-9H,2-4,6H2,1H3. The molecule has 0 aliphatic heterocycles. The Hall–Kier alpha value is -1.46. The van der Waals surface area contributed by atoms with E-state index in [2.05, 4.69) is 14.5 Å². The summed E-state index contributed by atoms with van der Waals surface area (Å²) in [5, 5.41) is 3.06. The first-order valence-electron chi connectivity index (χ1n) is 6.78. The molecule has 6 heteroatoms. The van der Waals surface area contributed by atoms with Crippen molar-refractivity contribution in [2.75, 3.05) is 5.88 Å². The number of hydrogen-bond donors (Lipinski definition) is 0. The zero-order valence-electron chi connectivity index (χ0n) is 11.6. The topological polar surface area (TPSA) is 30.7 Å². The van der Waals surface area contributed by atoms with Gasteiger partial charge in [0, 0.05) is 42.9 Å². The van der Waals surface area contributed by atoms with Gasteiger partial charge in [-0.1, -0.05) is 0 Å². The van der Waals surface area contributed by atoms with E-state index in [9.17, 15) is 4.39 Å². The summed E-state index contributed by atoms with van der Waals surface area (Å²) in [4.78, 5) is 8.83. The predicted molar refractivity (Wildman–Crippen MR) is 84.7 cm³/mol. The summed E-state index contributed by atoms with van der Waals surface area (Å²) >= 11 is 7.50. The number of nitrogens with zero attached hydrogens (tertiary/aromatic N) is 3. The molecule has 0 N–H and O–H groups in total. The Morgan fingerprint density at radius 2 is 2.19 bits per heavy atom. The molecule has 0 radical (unpaired) electrons. The summed E-state index contributed by atoms with van der Waals surface area (Å²) in [6.45, 7) is 2.55. The maximum Gasteiger partial charge on any atom is 0.128 e. The third-order valence-electron chi connectivity index (χ3n) is 3.46. The molecule has 0 aliphatic carbocycles. The van der Waals surface area contributed by atoms with E-state index in [1.54, 1.807) is 18.3 Å². The first kappa shape index (κ1) is 14.5. The molecule has 0 atom stereocenters. The number of benzene rings is 1. The third kappa shape index (κ3) is 2.94. The molecule has 0 amide bonds. The molecule has 0 unspecified atom stereocenters. The molecule has 3 aromatic rings. The number of thiazole rings is 1. The molecule has 2 heterocycles. The van der Waals surface area contributed by atoms with Gasteiger partial charge in [-0.3, -0.25) is 0 Å². The minimum Gasteiger partial charge on any atom is -0.328 e. The van der Waals surface area contributed by atoms with Gasteiger partial charge in [-0.05, 0) is 18.6 Å². The second-order valence-corrected chi connectivity index (χ2v) is 6.24. The lowest BCUT2D eigenvalue weighted by Gasteiger charge is -2.08. The Balaban J connectivity index is 2.00. The minimum atomic E-state index is -0.218. The molecular weight excluding hydrogens is 309 g/mol. The maximum atomic E-state index is 13.7. The normalized spacial score (nSPS) is 11.4. The van der Waals surface area contributed by atoms with Gasteiger partial charge in [-0.25, -0.2) is 14.4 Å². The van der Waals surface area contributed by atoms with Gasteiger partial charge in [0.15, 0.2) is 0 Å². The Morgan fingerprint density at radius 1 is 1.33 bits per heavy atom. The van der Waals surface area contributed by atoms with E-state index in [4.69, 9.17) is 11.6 Å². The van der Waals surface area contributed by atoms with Crippen molar-refractivity contribution in [3.63, 3.8) is 0 Å². The summed E-state index contributed by atoms with van der Waals surface area (Å²) in [5.41, 5.74) is 2.29. The third-order valence-corrected chi connectivity index (χ3v) is 4.49. The van der Waals surface area contributed by atoms with Gasteiger partial charge in [0.05, 0.1) is 16.0 Å². The Labute approximate surface area is 131 Å². The van der Waals surface area contributed by atoms with Crippen molar-refractivity contribution < 1.29 is 4.39 Å². The molecule has 0 bridgehead atoms. The van der Waals surface area contributed by atoms with E-state index in [1.807, 2.05) is 17.6 Å². The molecule has 0 fully saturated rings. The van der Waals surface area contributed by atoms with Gasteiger partial charge in [0.25, 0.3) is 0 Å². The van der Waals surface area contributed by atoms with Crippen molar-refractivity contribution in [1.82, 2.24) is 14.5 Å². The van der Waals surface area contributed by atoms with Crippen LogP contribution in [0, 0.1) is 12.7 Å². The van der Waals surface area contributed by atoms with E-state index >= 15 is 0 Å². The average Bonchev–Trinajstić information content (AvgIpc) is 3.06. The van der Waals surface area contributed by atoms with Gasteiger partial charge < -0.3 is 4.57 Å². The number of alkyl halides is 1. The summed E-state index contributed by atoms with van der Waals surface area (Å²) in [6.07, 6.45) is 3.33. The van der Waals surface area contributed by atoms with Crippen LogP contribution >= 0.6 is 22.9 Å². The fraction of sp³-hybridized carbons (Fsp3) is 0.333. The average molecular weight is 324 g/mol. The van der Waals surface area contributed by atoms with Crippen LogP contribution in [0.4, 0.5) is 4.39 Å². The molecule has 1 aromatic carbocycles. The molecule has 3 rings (SSSR count). The van der Waals surface area contributed by atoms with Crippen LogP contribution in [0.15, 0.2) is 23.7 Å². The first-order valence-corrected chi connectivity index (χ1v) is 8.20. The fourth-order valence-corrected chi connectivity index (χ4v) is 3.19. The smallest absolute Gasteiger partial charge is 0.128 e. The van der Waals surface area contributed by atoms with Gasteiger partial charge in [0.2, 0.25) is 0 Å². The second-order valence-electron chi connectivity index (χ2n) is 4.88. The Bertz CT molecular complexity index is 752. The highest BCUT2D eigenvalue weighted by Gasteiger charge is 2.13. The van der Waals surface area contributed by atoms with Crippen LogP contribution in [0.2, 0.25) is 0 Å². The van der Waals surface area contributed by atoms with E-state index in [0.29, 0.717) is 23.4 Å². The van der Waals surface area contributed by atoms with Gasteiger partial charge >= 0.3 is 0 Å². The van der Waals surface area contributed by atoms with Gasteiger partial charge in [0.1, 0.15) is 11.6 Å². The summed E-state index contributed by atoms with van der Waals surface area (Å²) in [7, 11) is 0. The molecule has 0 aliphatic rings. The maximum absolute atomic E-state index is 13.7. The zero-order chi connectivity index (χ0) is 14.8. The van der Waals surface area contributed by atoms with Crippen molar-refractivity contribution in [1.29, 1.82) is 0 Å². The van der Waals surface area contributed by atoms with Crippen LogP contribution in [0.5, 0.6) is 0 Å². The highest BCUT2D eigenvalue weighted by molar-refractivity contribution is 7.09. The number of hydrogen-bond acceptors (Lipinski definition) is 3. The number of aromatic nitrogens is 3. The molecule has 21 heavy (non-hydrogen) atoms. The fourth-order valence-electron chi connectivity index (χ4n) is 2.41. The quantitative estimate of drug-likeness (QED) is 0.665. The summed E-state index contributed by atoms with van der Waals surface area (Å²) < 4.78 is 15.8. The van der Waals surface area contributed by atoms with Crippen LogP contribution in [-0.2, 0) is 19.4 Å². The molecular formula is C15H15ClFN3S. The molecule has 3 nitrogen and oxygen atoms in total. The number of rotatable bonds is 5. The molecule has 110 valence electrons. The van der Waals surface area contributed by atoms with Crippen LogP contribution in [-0.4, -0.2) is 20.4 Å². The highest BCUT2D eigenvalue weighted by Crippen LogP contribution is 2.22. The van der Waals surface area contributed by atoms with Crippen molar-refractivity contribution in [3.8, 4) is 0 Å². The molecule has 0 spiro atoms. The number of halogens is 2. The molecule has 0 saturated heterocycles.